The van der Waals surface area contributed by atoms with E-state index in [1.807, 2.05) is 13.0 Å². The number of nitrogens with zero attached hydrogens (tertiary/aromatic N) is 3. The maximum Gasteiger partial charge on any atom is 0.243 e. The molecule has 6 nitrogen and oxygen atoms in total. The summed E-state index contributed by atoms with van der Waals surface area (Å²) in [6.07, 6.45) is 2.93. The van der Waals surface area contributed by atoms with Gasteiger partial charge in [-0.1, -0.05) is 18.2 Å². The van der Waals surface area contributed by atoms with Gasteiger partial charge in [0.1, 0.15) is 0 Å². The topological polar surface area (TPSA) is 75.4 Å². The van der Waals surface area contributed by atoms with Gasteiger partial charge in [-0.05, 0) is 51.8 Å². The number of aromatic nitrogens is 2. The average molecular weight is 398 g/mol. The molecule has 1 fully saturated rings. The van der Waals surface area contributed by atoms with Gasteiger partial charge in [-0.3, -0.25) is 0 Å². The molecule has 0 atom stereocenters. The summed E-state index contributed by atoms with van der Waals surface area (Å²) in [7, 11) is -3.46. The fourth-order valence-electron chi connectivity index (χ4n) is 3.16. The summed E-state index contributed by atoms with van der Waals surface area (Å²) >= 11 is 1.49. The maximum atomic E-state index is 12.9. The summed E-state index contributed by atoms with van der Waals surface area (Å²) in [5.41, 5.74) is 0.816. The molecule has 8 heteroatoms. The number of hydrogen-bond donors (Lipinski definition) is 1. The van der Waals surface area contributed by atoms with Crippen LogP contribution in [0.5, 0.6) is 0 Å². The summed E-state index contributed by atoms with van der Waals surface area (Å²) in [6, 6.07) is 5.21. The monoisotopic (exact) mass is 397 g/mol. The molecule has 1 N–H and O–H groups in total. The molecule has 2 heterocycles. The van der Waals surface area contributed by atoms with Crippen LogP contribution in [0.2, 0.25) is 0 Å². The van der Waals surface area contributed by atoms with E-state index in [1.165, 1.54) is 11.8 Å². The van der Waals surface area contributed by atoms with E-state index in [-0.39, 0.29) is 0 Å². The molecular weight excluding hydrogens is 370 g/mol. The van der Waals surface area contributed by atoms with Crippen LogP contribution < -0.4 is 0 Å². The highest BCUT2D eigenvalue weighted by Crippen LogP contribution is 2.29. The third-order valence-electron chi connectivity index (χ3n) is 4.51. The first-order valence-corrected chi connectivity index (χ1v) is 11.5. The highest BCUT2D eigenvalue weighted by atomic mass is 32.2. The lowest BCUT2D eigenvalue weighted by Crippen LogP contribution is -2.35. The molecule has 26 heavy (non-hydrogen) atoms. The van der Waals surface area contributed by atoms with Gasteiger partial charge < -0.3 is 9.67 Å². The van der Waals surface area contributed by atoms with Crippen molar-refractivity contribution < 1.29 is 13.5 Å². The lowest BCUT2D eigenvalue weighted by molar-refractivity contribution is 0.107. The van der Waals surface area contributed by atoms with E-state index in [0.717, 1.165) is 36.5 Å². The zero-order chi connectivity index (χ0) is 18.9. The second-order valence-electron chi connectivity index (χ2n) is 7.36. The SMILES string of the molecule is CCn1c(SCC(C)(C)O)nc2cc(S(=O)(=O)N3CCCCC3)ccc21. The van der Waals surface area contributed by atoms with E-state index >= 15 is 0 Å². The van der Waals surface area contributed by atoms with Crippen molar-refractivity contribution in [2.24, 2.45) is 0 Å². The van der Waals surface area contributed by atoms with Crippen molar-refractivity contribution in [1.82, 2.24) is 13.9 Å². The molecule has 0 spiro atoms. The Morgan fingerprint density at radius 3 is 2.54 bits per heavy atom. The van der Waals surface area contributed by atoms with Gasteiger partial charge in [-0.2, -0.15) is 4.31 Å². The summed E-state index contributed by atoms with van der Waals surface area (Å²) in [5, 5.41) is 10.8. The molecule has 3 rings (SSSR count). The van der Waals surface area contributed by atoms with Crippen LogP contribution >= 0.6 is 11.8 Å². The highest BCUT2D eigenvalue weighted by Gasteiger charge is 2.27. The second-order valence-corrected chi connectivity index (χ2v) is 10.2. The van der Waals surface area contributed by atoms with Crippen molar-refractivity contribution in [3.63, 3.8) is 0 Å². The Labute approximate surface area is 159 Å². The molecule has 0 bridgehead atoms. The fraction of sp³-hybridized carbons (Fsp3) is 0.611. The second kappa shape index (κ2) is 7.50. The van der Waals surface area contributed by atoms with Crippen molar-refractivity contribution in [2.45, 2.75) is 62.2 Å². The first-order chi connectivity index (χ1) is 12.2. The molecule has 0 saturated carbocycles. The van der Waals surface area contributed by atoms with Crippen molar-refractivity contribution in [2.75, 3.05) is 18.8 Å². The van der Waals surface area contributed by atoms with Crippen molar-refractivity contribution in [3.8, 4) is 0 Å². The molecule has 0 amide bonds. The lowest BCUT2D eigenvalue weighted by atomic mass is 10.2. The third kappa shape index (κ3) is 4.08. The predicted octanol–water partition coefficient (Wildman–Crippen LogP) is 3.09. The normalized spacial score (nSPS) is 17.1. The molecule has 0 aliphatic carbocycles. The summed E-state index contributed by atoms with van der Waals surface area (Å²) in [4.78, 5) is 4.95. The molecule has 1 saturated heterocycles. The van der Waals surface area contributed by atoms with Gasteiger partial charge in [0.25, 0.3) is 0 Å². The third-order valence-corrected chi connectivity index (χ3v) is 7.82. The predicted molar refractivity (Wildman–Crippen MR) is 105 cm³/mol. The van der Waals surface area contributed by atoms with Crippen LogP contribution in [-0.4, -0.2) is 51.8 Å². The molecule has 2 aromatic rings. The Kier molecular flexibility index (Phi) is 5.67. The number of sulfonamides is 1. The van der Waals surface area contributed by atoms with E-state index in [4.69, 9.17) is 0 Å². The molecule has 1 aliphatic heterocycles. The van der Waals surface area contributed by atoms with Crippen LogP contribution in [0.4, 0.5) is 0 Å². The molecule has 1 aromatic carbocycles. The van der Waals surface area contributed by atoms with Gasteiger partial charge in [0, 0.05) is 25.4 Å². The average Bonchev–Trinajstić information content (AvgIpc) is 2.96. The zero-order valence-electron chi connectivity index (χ0n) is 15.6. The number of imidazole rings is 1. The molecule has 0 radical (unpaired) electrons. The standard InChI is InChI=1S/C18H27N3O3S2/c1-4-21-16-9-8-14(26(23,24)20-10-6-5-7-11-20)12-15(16)19-17(21)25-13-18(2,3)22/h8-9,12,22H,4-7,10-11,13H2,1-3H3. The molecule has 144 valence electrons. The Hall–Kier alpha value is -1.09. The zero-order valence-corrected chi connectivity index (χ0v) is 17.2. The number of aryl methyl sites for hydroxylation is 1. The summed E-state index contributed by atoms with van der Waals surface area (Å²) < 4.78 is 29.4. The number of aliphatic hydroxyl groups is 1. The number of thioether (sulfide) groups is 1. The Morgan fingerprint density at radius 2 is 1.92 bits per heavy atom. The van der Waals surface area contributed by atoms with Gasteiger partial charge in [-0.25, -0.2) is 13.4 Å². The van der Waals surface area contributed by atoms with Crippen LogP contribution in [0.15, 0.2) is 28.3 Å². The maximum absolute atomic E-state index is 12.9. The van der Waals surface area contributed by atoms with Gasteiger partial charge in [-0.15, -0.1) is 0 Å². The highest BCUT2D eigenvalue weighted by molar-refractivity contribution is 7.99. The summed E-state index contributed by atoms with van der Waals surface area (Å²) in [5.74, 6) is 0.523. The molecular formula is C18H27N3O3S2. The Balaban J connectivity index is 1.95. The quantitative estimate of drug-likeness (QED) is 0.758. The number of benzene rings is 1. The lowest BCUT2D eigenvalue weighted by Gasteiger charge is -2.25. The molecule has 0 unspecified atom stereocenters. The minimum atomic E-state index is -3.46. The van der Waals surface area contributed by atoms with Crippen LogP contribution in [0, 0.1) is 0 Å². The molecule has 1 aliphatic rings. The van der Waals surface area contributed by atoms with Crippen LogP contribution in [0.25, 0.3) is 11.0 Å². The summed E-state index contributed by atoms with van der Waals surface area (Å²) in [6.45, 7) is 7.49. The Morgan fingerprint density at radius 1 is 1.23 bits per heavy atom. The van der Waals surface area contributed by atoms with Gasteiger partial charge in [0.2, 0.25) is 10.0 Å². The van der Waals surface area contributed by atoms with E-state index in [1.54, 1.807) is 30.3 Å². The van der Waals surface area contributed by atoms with E-state index < -0.39 is 15.6 Å². The first kappa shape index (κ1) is 19.7. The number of rotatable bonds is 6. The minimum Gasteiger partial charge on any atom is -0.390 e. The number of piperidine rings is 1. The number of fused-ring (bicyclic) bond motifs is 1. The van der Waals surface area contributed by atoms with Gasteiger partial charge in [0.05, 0.1) is 21.5 Å². The van der Waals surface area contributed by atoms with Crippen molar-refractivity contribution in [3.05, 3.63) is 18.2 Å². The Bertz CT molecular complexity index is 879. The van der Waals surface area contributed by atoms with Crippen LogP contribution in [-0.2, 0) is 16.6 Å². The molecule has 1 aromatic heterocycles. The first-order valence-electron chi connectivity index (χ1n) is 9.08. The van der Waals surface area contributed by atoms with Gasteiger partial charge in [0.15, 0.2) is 5.16 Å². The van der Waals surface area contributed by atoms with Crippen LogP contribution in [0.1, 0.15) is 40.0 Å². The largest absolute Gasteiger partial charge is 0.390 e. The minimum absolute atomic E-state index is 0.312. The fourth-order valence-corrected chi connectivity index (χ4v) is 5.73. The van der Waals surface area contributed by atoms with E-state index in [0.29, 0.717) is 29.3 Å². The smallest absolute Gasteiger partial charge is 0.243 e. The van der Waals surface area contributed by atoms with Crippen molar-refractivity contribution >= 4 is 32.8 Å². The van der Waals surface area contributed by atoms with Gasteiger partial charge >= 0.3 is 0 Å². The number of hydrogen-bond acceptors (Lipinski definition) is 5. The van der Waals surface area contributed by atoms with E-state index in [2.05, 4.69) is 9.55 Å². The van der Waals surface area contributed by atoms with Crippen LogP contribution in [0.3, 0.4) is 0 Å². The van der Waals surface area contributed by atoms with Crippen molar-refractivity contribution in [1.29, 1.82) is 0 Å². The van der Waals surface area contributed by atoms with E-state index in [9.17, 15) is 13.5 Å².